The van der Waals surface area contributed by atoms with Crippen molar-refractivity contribution in [3.63, 3.8) is 0 Å². The molecule has 1 aromatic rings. The summed E-state index contributed by atoms with van der Waals surface area (Å²) in [6.45, 7) is 3.04. The number of aryl methyl sites for hydroxylation is 1. The van der Waals surface area contributed by atoms with Crippen molar-refractivity contribution in [3.05, 3.63) is 29.6 Å². The largest absolute Gasteiger partial charge is 0.310 e. The maximum Gasteiger partial charge on any atom is 0.0375 e. The summed E-state index contributed by atoms with van der Waals surface area (Å²) in [4.78, 5) is 4.22. The summed E-state index contributed by atoms with van der Waals surface area (Å²) in [7, 11) is 0. The van der Waals surface area contributed by atoms with Gasteiger partial charge in [0.05, 0.1) is 0 Å². The molecule has 0 spiro atoms. The van der Waals surface area contributed by atoms with Crippen molar-refractivity contribution in [2.24, 2.45) is 0 Å². The first-order chi connectivity index (χ1) is 7.84. The summed E-state index contributed by atoms with van der Waals surface area (Å²) in [6.07, 6.45) is 10.2. The van der Waals surface area contributed by atoms with E-state index in [1.54, 1.807) is 0 Å². The molecule has 1 N–H and O–H groups in total. The van der Waals surface area contributed by atoms with E-state index in [9.17, 15) is 0 Å². The van der Waals surface area contributed by atoms with Crippen LogP contribution in [0.1, 0.15) is 49.8 Å². The lowest BCUT2D eigenvalue weighted by Crippen LogP contribution is -2.27. The molecule has 1 saturated carbocycles. The van der Waals surface area contributed by atoms with Gasteiger partial charge >= 0.3 is 0 Å². The Hall–Kier alpha value is -0.890. The van der Waals surface area contributed by atoms with Crippen LogP contribution in [0.4, 0.5) is 0 Å². The Morgan fingerprint density at radius 1 is 1.25 bits per heavy atom. The van der Waals surface area contributed by atoms with Gasteiger partial charge in [0.2, 0.25) is 0 Å². The van der Waals surface area contributed by atoms with Gasteiger partial charge in [-0.15, -0.1) is 0 Å². The molecule has 1 aliphatic rings. The maximum absolute atomic E-state index is 4.22. The second-order valence-corrected chi connectivity index (χ2v) is 4.87. The lowest BCUT2D eigenvalue weighted by molar-refractivity contribution is 0.459. The van der Waals surface area contributed by atoms with Gasteiger partial charge in [0, 0.05) is 24.5 Å². The highest BCUT2D eigenvalue weighted by molar-refractivity contribution is 5.15. The molecule has 1 heterocycles. The Bertz CT molecular complexity index is 314. The second kappa shape index (κ2) is 6.00. The van der Waals surface area contributed by atoms with E-state index in [4.69, 9.17) is 0 Å². The van der Waals surface area contributed by atoms with Gasteiger partial charge in [-0.25, -0.2) is 0 Å². The minimum Gasteiger partial charge on any atom is -0.310 e. The van der Waals surface area contributed by atoms with Crippen LogP contribution < -0.4 is 5.32 Å². The van der Waals surface area contributed by atoms with E-state index >= 15 is 0 Å². The fourth-order valence-corrected chi connectivity index (χ4v) is 2.46. The van der Waals surface area contributed by atoms with E-state index in [2.05, 4.69) is 29.4 Å². The fraction of sp³-hybridized carbons (Fsp3) is 0.643. The summed E-state index contributed by atoms with van der Waals surface area (Å²) in [5.74, 6) is 0. The lowest BCUT2D eigenvalue weighted by atomic mass is 10.1. The van der Waals surface area contributed by atoms with Gasteiger partial charge in [-0.1, -0.05) is 25.7 Å². The first-order valence-corrected chi connectivity index (χ1v) is 6.49. The Kier molecular flexibility index (Phi) is 4.34. The van der Waals surface area contributed by atoms with Gasteiger partial charge in [-0.05, 0) is 37.5 Å². The minimum atomic E-state index is 0.732. The molecule has 0 saturated heterocycles. The minimum absolute atomic E-state index is 0.732. The second-order valence-electron chi connectivity index (χ2n) is 4.87. The standard InChI is InChI=1S/C14H22N2/c1-12-10-13(8-9-15-12)11-16-14-6-4-2-3-5-7-14/h8-10,14,16H,2-7,11H2,1H3. The van der Waals surface area contributed by atoms with Gasteiger partial charge < -0.3 is 5.32 Å². The molecular formula is C14H22N2. The number of hydrogen-bond donors (Lipinski definition) is 1. The van der Waals surface area contributed by atoms with E-state index < -0.39 is 0 Å². The van der Waals surface area contributed by atoms with Crippen molar-refractivity contribution in [1.29, 1.82) is 0 Å². The molecule has 2 heteroatoms. The molecule has 0 aliphatic heterocycles. The van der Waals surface area contributed by atoms with Crippen molar-refractivity contribution < 1.29 is 0 Å². The molecule has 1 fully saturated rings. The molecule has 0 bridgehead atoms. The molecule has 0 atom stereocenters. The molecule has 0 unspecified atom stereocenters. The highest BCUT2D eigenvalue weighted by Crippen LogP contribution is 2.17. The number of pyridine rings is 1. The normalized spacial score (nSPS) is 18.3. The number of hydrogen-bond acceptors (Lipinski definition) is 2. The average molecular weight is 218 g/mol. The zero-order chi connectivity index (χ0) is 11.2. The van der Waals surface area contributed by atoms with Crippen LogP contribution in [0.25, 0.3) is 0 Å². The molecule has 0 aromatic carbocycles. The van der Waals surface area contributed by atoms with Crippen LogP contribution in [0.15, 0.2) is 18.3 Å². The number of aromatic nitrogens is 1. The van der Waals surface area contributed by atoms with Crippen LogP contribution in [0.3, 0.4) is 0 Å². The van der Waals surface area contributed by atoms with Crippen molar-refractivity contribution in [3.8, 4) is 0 Å². The van der Waals surface area contributed by atoms with Gasteiger partial charge in [0.25, 0.3) is 0 Å². The van der Waals surface area contributed by atoms with Gasteiger partial charge in [0.15, 0.2) is 0 Å². The van der Waals surface area contributed by atoms with Crippen LogP contribution in [-0.2, 0) is 6.54 Å². The van der Waals surface area contributed by atoms with Crippen LogP contribution >= 0.6 is 0 Å². The zero-order valence-corrected chi connectivity index (χ0v) is 10.2. The molecular weight excluding hydrogens is 196 g/mol. The highest BCUT2D eigenvalue weighted by atomic mass is 14.9. The molecule has 88 valence electrons. The summed E-state index contributed by atoms with van der Waals surface area (Å²) in [5.41, 5.74) is 2.47. The third kappa shape index (κ3) is 3.60. The Labute approximate surface area is 98.5 Å². The number of rotatable bonds is 3. The first-order valence-electron chi connectivity index (χ1n) is 6.49. The number of nitrogens with one attached hydrogen (secondary N) is 1. The summed E-state index contributed by atoms with van der Waals surface area (Å²) >= 11 is 0. The number of nitrogens with zero attached hydrogens (tertiary/aromatic N) is 1. The van der Waals surface area contributed by atoms with Crippen molar-refractivity contribution in [1.82, 2.24) is 10.3 Å². The van der Waals surface area contributed by atoms with E-state index in [1.165, 1.54) is 44.1 Å². The summed E-state index contributed by atoms with van der Waals surface area (Å²) in [5, 5.41) is 3.68. The monoisotopic (exact) mass is 218 g/mol. The van der Waals surface area contributed by atoms with Crippen LogP contribution in [0, 0.1) is 6.92 Å². The molecule has 0 amide bonds. The molecule has 1 aromatic heterocycles. The van der Waals surface area contributed by atoms with E-state index in [-0.39, 0.29) is 0 Å². The van der Waals surface area contributed by atoms with Crippen molar-refractivity contribution in [2.75, 3.05) is 0 Å². The lowest BCUT2D eigenvalue weighted by Gasteiger charge is -2.16. The predicted octanol–water partition coefficient (Wildman–Crippen LogP) is 3.20. The Morgan fingerprint density at radius 2 is 2.00 bits per heavy atom. The van der Waals surface area contributed by atoms with E-state index in [1.807, 2.05) is 6.20 Å². The smallest absolute Gasteiger partial charge is 0.0375 e. The summed E-state index contributed by atoms with van der Waals surface area (Å²) in [6, 6.07) is 5.01. The summed E-state index contributed by atoms with van der Waals surface area (Å²) < 4.78 is 0. The quantitative estimate of drug-likeness (QED) is 0.788. The van der Waals surface area contributed by atoms with Gasteiger partial charge in [0.1, 0.15) is 0 Å². The van der Waals surface area contributed by atoms with Crippen molar-refractivity contribution >= 4 is 0 Å². The van der Waals surface area contributed by atoms with Crippen LogP contribution in [0.5, 0.6) is 0 Å². The van der Waals surface area contributed by atoms with Crippen molar-refractivity contribution in [2.45, 2.75) is 58.0 Å². The van der Waals surface area contributed by atoms with E-state index in [0.717, 1.165) is 18.3 Å². The van der Waals surface area contributed by atoms with Crippen LogP contribution in [-0.4, -0.2) is 11.0 Å². The maximum atomic E-state index is 4.22. The molecule has 0 radical (unpaired) electrons. The van der Waals surface area contributed by atoms with Gasteiger partial charge in [-0.2, -0.15) is 0 Å². The fourth-order valence-electron chi connectivity index (χ4n) is 2.46. The average Bonchev–Trinajstić information content (AvgIpc) is 2.55. The first kappa shape index (κ1) is 11.6. The molecule has 1 aliphatic carbocycles. The molecule has 2 rings (SSSR count). The third-order valence-electron chi connectivity index (χ3n) is 3.41. The third-order valence-corrected chi connectivity index (χ3v) is 3.41. The highest BCUT2D eigenvalue weighted by Gasteiger charge is 2.11. The van der Waals surface area contributed by atoms with E-state index in [0.29, 0.717) is 0 Å². The SMILES string of the molecule is Cc1cc(CNC2CCCCCC2)ccn1. The molecule has 16 heavy (non-hydrogen) atoms. The van der Waals surface area contributed by atoms with Crippen LogP contribution in [0.2, 0.25) is 0 Å². The Balaban J connectivity index is 1.81. The molecule has 2 nitrogen and oxygen atoms in total. The topological polar surface area (TPSA) is 24.9 Å². The predicted molar refractivity (Wildman–Crippen MR) is 67.3 cm³/mol. The zero-order valence-electron chi connectivity index (χ0n) is 10.2. The Morgan fingerprint density at radius 3 is 2.69 bits per heavy atom. The van der Waals surface area contributed by atoms with Gasteiger partial charge in [-0.3, -0.25) is 4.98 Å².